The van der Waals surface area contributed by atoms with E-state index in [0.29, 0.717) is 18.7 Å². The van der Waals surface area contributed by atoms with Gasteiger partial charge in [-0.3, -0.25) is 9.59 Å². The van der Waals surface area contributed by atoms with E-state index in [-0.39, 0.29) is 12.4 Å². The quantitative estimate of drug-likeness (QED) is 0.523. The topological polar surface area (TPSA) is 104 Å². The SMILES string of the molecule is COc1cccc(SCC(=O)NCCc2ncc[nH]2)c1.O=CO. The van der Waals surface area contributed by atoms with Gasteiger partial charge in [-0.25, -0.2) is 4.98 Å². The number of nitrogens with one attached hydrogen (secondary N) is 2. The molecule has 2 aromatic rings. The first-order valence-electron chi connectivity index (χ1n) is 6.79. The van der Waals surface area contributed by atoms with E-state index in [9.17, 15) is 4.79 Å². The molecule has 0 radical (unpaired) electrons. The molecular weight excluding hydrogens is 318 g/mol. The molecule has 0 bridgehead atoms. The van der Waals surface area contributed by atoms with E-state index in [1.165, 1.54) is 11.8 Å². The number of aromatic nitrogens is 2. The normalized spacial score (nSPS) is 9.43. The summed E-state index contributed by atoms with van der Waals surface area (Å²) in [5.41, 5.74) is 0. The largest absolute Gasteiger partial charge is 0.497 e. The van der Waals surface area contributed by atoms with E-state index in [0.717, 1.165) is 16.5 Å². The number of carbonyl (C=O) groups excluding carboxylic acids is 1. The van der Waals surface area contributed by atoms with E-state index >= 15 is 0 Å². The fraction of sp³-hybridized carbons (Fsp3) is 0.267. The zero-order chi connectivity index (χ0) is 16.9. The van der Waals surface area contributed by atoms with Gasteiger partial charge in [0.15, 0.2) is 0 Å². The summed E-state index contributed by atoms with van der Waals surface area (Å²) in [5, 5.41) is 9.76. The molecule has 1 amide bonds. The second-order valence-electron chi connectivity index (χ2n) is 4.21. The third kappa shape index (κ3) is 7.91. The van der Waals surface area contributed by atoms with E-state index < -0.39 is 0 Å². The molecule has 124 valence electrons. The zero-order valence-corrected chi connectivity index (χ0v) is 13.5. The van der Waals surface area contributed by atoms with Gasteiger partial charge in [0.25, 0.3) is 6.47 Å². The van der Waals surface area contributed by atoms with Gasteiger partial charge in [0.1, 0.15) is 11.6 Å². The van der Waals surface area contributed by atoms with Crippen molar-refractivity contribution in [2.24, 2.45) is 0 Å². The molecule has 0 atom stereocenters. The van der Waals surface area contributed by atoms with Crippen molar-refractivity contribution >= 4 is 24.1 Å². The molecule has 0 saturated heterocycles. The van der Waals surface area contributed by atoms with Crippen LogP contribution in [0.4, 0.5) is 0 Å². The number of hydrogen-bond acceptors (Lipinski definition) is 5. The first-order chi connectivity index (χ1) is 11.2. The Kier molecular flexibility index (Phi) is 8.99. The summed E-state index contributed by atoms with van der Waals surface area (Å²) >= 11 is 1.49. The zero-order valence-electron chi connectivity index (χ0n) is 12.7. The predicted molar refractivity (Wildman–Crippen MR) is 87.7 cm³/mol. The number of benzene rings is 1. The molecule has 0 aliphatic carbocycles. The summed E-state index contributed by atoms with van der Waals surface area (Å²) < 4.78 is 5.14. The second kappa shape index (κ2) is 11.1. The van der Waals surface area contributed by atoms with Crippen LogP contribution >= 0.6 is 11.8 Å². The highest BCUT2D eigenvalue weighted by Gasteiger charge is 2.04. The molecule has 0 saturated carbocycles. The van der Waals surface area contributed by atoms with E-state index in [4.69, 9.17) is 14.6 Å². The highest BCUT2D eigenvalue weighted by Crippen LogP contribution is 2.22. The van der Waals surface area contributed by atoms with E-state index in [1.54, 1.807) is 19.5 Å². The summed E-state index contributed by atoms with van der Waals surface area (Å²) in [6, 6.07) is 7.67. The summed E-state index contributed by atoms with van der Waals surface area (Å²) in [5.74, 6) is 2.09. The number of carbonyl (C=O) groups is 2. The lowest BCUT2D eigenvalue weighted by atomic mass is 10.3. The summed E-state index contributed by atoms with van der Waals surface area (Å²) in [6.45, 7) is 0.338. The summed E-state index contributed by atoms with van der Waals surface area (Å²) in [6.07, 6.45) is 4.19. The van der Waals surface area contributed by atoms with E-state index in [2.05, 4.69) is 15.3 Å². The Morgan fingerprint density at radius 2 is 2.30 bits per heavy atom. The third-order valence-corrected chi connectivity index (χ3v) is 3.64. The smallest absolute Gasteiger partial charge is 0.290 e. The minimum absolute atomic E-state index is 0.0179. The summed E-state index contributed by atoms with van der Waals surface area (Å²) in [4.78, 5) is 28.2. The minimum Gasteiger partial charge on any atom is -0.497 e. The fourth-order valence-corrected chi connectivity index (χ4v) is 2.42. The number of rotatable bonds is 7. The lowest BCUT2D eigenvalue weighted by Crippen LogP contribution is -2.27. The minimum atomic E-state index is -0.250. The fourth-order valence-electron chi connectivity index (χ4n) is 1.65. The van der Waals surface area contributed by atoms with Crippen molar-refractivity contribution in [1.29, 1.82) is 0 Å². The van der Waals surface area contributed by atoms with Gasteiger partial charge in [0.2, 0.25) is 5.91 Å². The Hall–Kier alpha value is -2.48. The molecule has 0 aliphatic heterocycles. The molecule has 7 nitrogen and oxygen atoms in total. The Morgan fingerprint density at radius 3 is 2.96 bits per heavy atom. The number of hydrogen-bond donors (Lipinski definition) is 3. The standard InChI is InChI=1S/C14H17N3O2S.CH2O2/c1-19-11-3-2-4-12(9-11)20-10-14(18)17-6-5-13-15-7-8-16-13;2-1-3/h2-4,7-9H,5-6,10H2,1H3,(H,15,16)(H,17,18);1H,(H,2,3). The molecule has 0 spiro atoms. The monoisotopic (exact) mass is 337 g/mol. The number of methoxy groups -OCH3 is 1. The highest BCUT2D eigenvalue weighted by atomic mass is 32.2. The Balaban J connectivity index is 0.000000816. The van der Waals surface area contributed by atoms with Gasteiger partial charge in [-0.05, 0) is 18.2 Å². The molecule has 8 heteroatoms. The van der Waals surface area contributed by atoms with Crippen molar-refractivity contribution in [3.05, 3.63) is 42.5 Å². The van der Waals surface area contributed by atoms with Gasteiger partial charge in [-0.1, -0.05) is 6.07 Å². The molecular formula is C15H19N3O4S. The lowest BCUT2D eigenvalue weighted by Gasteiger charge is -2.05. The molecule has 0 unspecified atom stereocenters. The van der Waals surface area contributed by atoms with Gasteiger partial charge in [0.05, 0.1) is 12.9 Å². The van der Waals surface area contributed by atoms with Crippen molar-refractivity contribution in [3.63, 3.8) is 0 Å². The lowest BCUT2D eigenvalue weighted by molar-refractivity contribution is -0.123. The van der Waals surface area contributed by atoms with Crippen molar-refractivity contribution in [2.75, 3.05) is 19.4 Å². The molecule has 0 aliphatic rings. The van der Waals surface area contributed by atoms with Crippen molar-refractivity contribution in [1.82, 2.24) is 15.3 Å². The maximum atomic E-state index is 11.7. The van der Waals surface area contributed by atoms with Gasteiger partial charge in [0, 0.05) is 30.3 Å². The number of nitrogens with zero attached hydrogens (tertiary/aromatic N) is 1. The van der Waals surface area contributed by atoms with Crippen LogP contribution in [0.3, 0.4) is 0 Å². The molecule has 1 aromatic carbocycles. The molecule has 3 N–H and O–H groups in total. The van der Waals surface area contributed by atoms with Crippen LogP contribution in [0.15, 0.2) is 41.6 Å². The molecule has 1 aromatic heterocycles. The average Bonchev–Trinajstić information content (AvgIpc) is 3.07. The second-order valence-corrected chi connectivity index (χ2v) is 5.26. The molecule has 0 fully saturated rings. The summed E-state index contributed by atoms with van der Waals surface area (Å²) in [7, 11) is 1.63. The third-order valence-electron chi connectivity index (χ3n) is 2.65. The number of ether oxygens (including phenoxy) is 1. The number of imidazole rings is 1. The van der Waals surface area contributed by atoms with Crippen LogP contribution in [-0.4, -0.2) is 46.9 Å². The Morgan fingerprint density at radius 1 is 1.52 bits per heavy atom. The first-order valence-corrected chi connectivity index (χ1v) is 7.77. The van der Waals surface area contributed by atoms with Crippen molar-refractivity contribution in [3.8, 4) is 5.75 Å². The highest BCUT2D eigenvalue weighted by molar-refractivity contribution is 8.00. The van der Waals surface area contributed by atoms with Crippen LogP contribution in [-0.2, 0) is 16.0 Å². The van der Waals surface area contributed by atoms with Crippen molar-refractivity contribution in [2.45, 2.75) is 11.3 Å². The molecule has 2 rings (SSSR count). The number of amides is 1. The van der Waals surface area contributed by atoms with Crippen LogP contribution in [0.25, 0.3) is 0 Å². The van der Waals surface area contributed by atoms with Crippen LogP contribution < -0.4 is 10.1 Å². The predicted octanol–water partition coefficient (Wildman–Crippen LogP) is 1.57. The first kappa shape index (κ1) is 18.6. The maximum Gasteiger partial charge on any atom is 0.290 e. The van der Waals surface area contributed by atoms with Crippen LogP contribution in [0.2, 0.25) is 0 Å². The molecule has 1 heterocycles. The molecule has 23 heavy (non-hydrogen) atoms. The van der Waals surface area contributed by atoms with E-state index in [1.807, 2.05) is 24.3 Å². The maximum absolute atomic E-state index is 11.7. The van der Waals surface area contributed by atoms with Crippen LogP contribution in [0.1, 0.15) is 5.82 Å². The Bertz CT molecular complexity index is 590. The van der Waals surface area contributed by atoms with Gasteiger partial charge in [-0.15, -0.1) is 11.8 Å². The van der Waals surface area contributed by atoms with Gasteiger partial charge in [-0.2, -0.15) is 0 Å². The number of aromatic amines is 1. The van der Waals surface area contributed by atoms with Gasteiger partial charge < -0.3 is 20.1 Å². The van der Waals surface area contributed by atoms with Crippen molar-refractivity contribution < 1.29 is 19.4 Å². The van der Waals surface area contributed by atoms with Crippen LogP contribution in [0, 0.1) is 0 Å². The van der Waals surface area contributed by atoms with Crippen LogP contribution in [0.5, 0.6) is 5.75 Å². The Labute approximate surface area is 138 Å². The number of carboxylic acid groups (broad SMARTS) is 1. The number of thioether (sulfide) groups is 1. The number of H-pyrrole nitrogens is 1. The van der Waals surface area contributed by atoms with Gasteiger partial charge >= 0.3 is 0 Å². The average molecular weight is 337 g/mol.